The van der Waals surface area contributed by atoms with Gasteiger partial charge in [-0.1, -0.05) is 35.5 Å². The minimum Gasteiger partial charge on any atom is -0.359 e. The second kappa shape index (κ2) is 4.72. The van der Waals surface area contributed by atoms with E-state index in [4.69, 9.17) is 4.52 Å². The van der Waals surface area contributed by atoms with Crippen molar-refractivity contribution in [3.8, 4) is 11.3 Å². The first-order valence-corrected chi connectivity index (χ1v) is 6.24. The molecule has 2 heterocycles. The number of hydrogen-bond acceptors (Lipinski definition) is 3. The van der Waals surface area contributed by atoms with Crippen molar-refractivity contribution < 1.29 is 4.52 Å². The second-order valence-corrected chi connectivity index (χ2v) is 4.63. The predicted octanol–water partition coefficient (Wildman–Crippen LogP) is 3.20. The summed E-state index contributed by atoms with van der Waals surface area (Å²) in [5.74, 6) is 0.810. The van der Waals surface area contributed by atoms with Gasteiger partial charge < -0.3 is 4.52 Å². The maximum Gasteiger partial charge on any atom is 0.158 e. The summed E-state index contributed by atoms with van der Waals surface area (Å²) in [6.45, 7) is 4.63. The van der Waals surface area contributed by atoms with Gasteiger partial charge in [0.15, 0.2) is 5.76 Å². The molecule has 0 saturated heterocycles. The summed E-state index contributed by atoms with van der Waals surface area (Å²) >= 11 is 0. The normalized spacial score (nSPS) is 10.8. The molecule has 4 heteroatoms. The minimum absolute atomic E-state index is 0.611. The molecule has 0 bridgehead atoms. The number of hydrogen-bond donors (Lipinski definition) is 0. The van der Waals surface area contributed by atoms with E-state index in [0.29, 0.717) is 6.54 Å². The number of benzene rings is 1. The zero-order valence-corrected chi connectivity index (χ0v) is 11.0. The van der Waals surface area contributed by atoms with Crippen LogP contribution < -0.4 is 0 Å². The molecule has 4 nitrogen and oxygen atoms in total. The van der Waals surface area contributed by atoms with E-state index < -0.39 is 0 Å². The number of rotatable bonds is 3. The van der Waals surface area contributed by atoms with E-state index in [1.165, 1.54) is 0 Å². The number of aromatic nitrogens is 3. The summed E-state index contributed by atoms with van der Waals surface area (Å²) < 4.78 is 7.30. The van der Waals surface area contributed by atoms with Gasteiger partial charge >= 0.3 is 0 Å². The Morgan fingerprint density at radius 2 is 1.89 bits per heavy atom. The zero-order chi connectivity index (χ0) is 13.2. The molecule has 0 aliphatic rings. The van der Waals surface area contributed by atoms with Crippen LogP contribution in [0.1, 0.15) is 17.1 Å². The summed E-state index contributed by atoms with van der Waals surface area (Å²) in [6.07, 6.45) is 0. The van der Waals surface area contributed by atoms with Crippen LogP contribution in [0.4, 0.5) is 0 Å². The number of nitrogens with zero attached hydrogens (tertiary/aromatic N) is 3. The third-order valence-corrected chi connectivity index (χ3v) is 3.04. The molecule has 1 aromatic carbocycles. The molecular weight excluding hydrogens is 238 g/mol. The molecule has 96 valence electrons. The topological polar surface area (TPSA) is 43.9 Å². The molecule has 0 N–H and O–H groups in total. The summed E-state index contributed by atoms with van der Waals surface area (Å²) in [4.78, 5) is 0. The lowest BCUT2D eigenvalue weighted by Gasteiger charge is -1.99. The maximum atomic E-state index is 5.38. The molecule has 19 heavy (non-hydrogen) atoms. The maximum absolute atomic E-state index is 5.38. The van der Waals surface area contributed by atoms with Gasteiger partial charge in [0.25, 0.3) is 0 Å². The fourth-order valence-electron chi connectivity index (χ4n) is 2.12. The first-order chi connectivity index (χ1) is 9.22. The summed E-state index contributed by atoms with van der Waals surface area (Å²) in [5, 5.41) is 8.52. The molecular formula is C15H15N3O. The van der Waals surface area contributed by atoms with E-state index in [2.05, 4.69) is 16.3 Å². The molecule has 0 saturated carbocycles. The largest absolute Gasteiger partial charge is 0.359 e. The van der Waals surface area contributed by atoms with E-state index in [1.807, 2.05) is 54.9 Å². The van der Waals surface area contributed by atoms with Crippen molar-refractivity contribution in [2.45, 2.75) is 20.4 Å². The molecule has 0 aliphatic carbocycles. The molecule has 0 aliphatic heterocycles. The molecule has 0 fully saturated rings. The molecule has 2 aromatic heterocycles. The van der Waals surface area contributed by atoms with E-state index in [1.54, 1.807) is 0 Å². The van der Waals surface area contributed by atoms with Gasteiger partial charge in [-0.2, -0.15) is 5.10 Å². The van der Waals surface area contributed by atoms with Gasteiger partial charge in [-0.15, -0.1) is 0 Å². The highest BCUT2D eigenvalue weighted by atomic mass is 16.5. The average Bonchev–Trinajstić information content (AvgIpc) is 2.99. The highest BCUT2D eigenvalue weighted by Gasteiger charge is 2.08. The fraction of sp³-hybridized carbons (Fsp3) is 0.200. The summed E-state index contributed by atoms with van der Waals surface area (Å²) in [5.41, 5.74) is 4.05. The van der Waals surface area contributed by atoms with Gasteiger partial charge in [0, 0.05) is 17.3 Å². The molecule has 0 spiro atoms. The van der Waals surface area contributed by atoms with Crippen LogP contribution in [-0.2, 0) is 6.54 Å². The molecule has 0 radical (unpaired) electrons. The van der Waals surface area contributed by atoms with Crippen LogP contribution in [0.25, 0.3) is 11.3 Å². The fourth-order valence-corrected chi connectivity index (χ4v) is 2.12. The Hall–Kier alpha value is -2.36. The highest BCUT2D eigenvalue weighted by Crippen LogP contribution is 2.19. The Morgan fingerprint density at radius 1 is 1.11 bits per heavy atom. The van der Waals surface area contributed by atoms with Crippen LogP contribution in [0.3, 0.4) is 0 Å². The van der Waals surface area contributed by atoms with Crippen molar-refractivity contribution in [2.75, 3.05) is 0 Å². The van der Waals surface area contributed by atoms with Crippen LogP contribution in [0.5, 0.6) is 0 Å². The minimum atomic E-state index is 0.611. The lowest BCUT2D eigenvalue weighted by Crippen LogP contribution is -2.02. The standard InChI is InChI=1S/C15H15N3O/c1-11-8-12(2)18(16-11)10-14-9-15(17-19-14)13-6-4-3-5-7-13/h3-9H,10H2,1-2H3. The summed E-state index contributed by atoms with van der Waals surface area (Å²) in [7, 11) is 0. The van der Waals surface area contributed by atoms with Crippen molar-refractivity contribution in [1.82, 2.24) is 14.9 Å². The van der Waals surface area contributed by atoms with E-state index in [9.17, 15) is 0 Å². The van der Waals surface area contributed by atoms with Crippen LogP contribution in [0.15, 0.2) is 47.0 Å². The van der Waals surface area contributed by atoms with Gasteiger partial charge in [-0.25, -0.2) is 0 Å². The molecule has 3 aromatic rings. The van der Waals surface area contributed by atoms with E-state index in [-0.39, 0.29) is 0 Å². The van der Waals surface area contributed by atoms with E-state index >= 15 is 0 Å². The van der Waals surface area contributed by atoms with Crippen molar-refractivity contribution >= 4 is 0 Å². The van der Waals surface area contributed by atoms with Crippen LogP contribution in [0.2, 0.25) is 0 Å². The van der Waals surface area contributed by atoms with Gasteiger partial charge in [-0.05, 0) is 19.9 Å². The Bertz CT molecular complexity index is 682. The number of aryl methyl sites for hydroxylation is 2. The van der Waals surface area contributed by atoms with Crippen molar-refractivity contribution in [2.24, 2.45) is 0 Å². The van der Waals surface area contributed by atoms with Gasteiger partial charge in [0.05, 0.1) is 5.69 Å². The van der Waals surface area contributed by atoms with E-state index in [0.717, 1.165) is 28.4 Å². The SMILES string of the molecule is Cc1cc(C)n(Cc2cc(-c3ccccc3)no2)n1. The third kappa shape index (κ3) is 2.42. The summed E-state index contributed by atoms with van der Waals surface area (Å²) in [6, 6.07) is 14.0. The van der Waals surface area contributed by atoms with Gasteiger partial charge in [-0.3, -0.25) is 4.68 Å². The Morgan fingerprint density at radius 3 is 2.58 bits per heavy atom. The van der Waals surface area contributed by atoms with Crippen LogP contribution in [0, 0.1) is 13.8 Å². The van der Waals surface area contributed by atoms with Crippen molar-refractivity contribution in [3.63, 3.8) is 0 Å². The van der Waals surface area contributed by atoms with Crippen LogP contribution in [-0.4, -0.2) is 14.9 Å². The monoisotopic (exact) mass is 253 g/mol. The highest BCUT2D eigenvalue weighted by molar-refractivity contribution is 5.58. The third-order valence-electron chi connectivity index (χ3n) is 3.04. The zero-order valence-electron chi connectivity index (χ0n) is 11.0. The first-order valence-electron chi connectivity index (χ1n) is 6.24. The van der Waals surface area contributed by atoms with Crippen molar-refractivity contribution in [1.29, 1.82) is 0 Å². The van der Waals surface area contributed by atoms with Crippen molar-refractivity contribution in [3.05, 3.63) is 59.6 Å². The van der Waals surface area contributed by atoms with Gasteiger partial charge in [0.1, 0.15) is 12.2 Å². The smallest absolute Gasteiger partial charge is 0.158 e. The molecule has 0 unspecified atom stereocenters. The lowest BCUT2D eigenvalue weighted by molar-refractivity contribution is 0.372. The average molecular weight is 253 g/mol. The molecule has 0 atom stereocenters. The first kappa shape index (κ1) is 11.7. The molecule has 0 amide bonds. The Labute approximate surface area is 111 Å². The Kier molecular flexibility index (Phi) is 2.91. The quantitative estimate of drug-likeness (QED) is 0.720. The molecule has 3 rings (SSSR count). The lowest BCUT2D eigenvalue weighted by atomic mass is 10.1. The predicted molar refractivity (Wildman–Crippen MR) is 72.7 cm³/mol. The van der Waals surface area contributed by atoms with Crippen LogP contribution >= 0.6 is 0 Å². The van der Waals surface area contributed by atoms with Gasteiger partial charge in [0.2, 0.25) is 0 Å². The Balaban J connectivity index is 1.84. The second-order valence-electron chi connectivity index (χ2n) is 4.63.